The van der Waals surface area contributed by atoms with Gasteiger partial charge in [0.15, 0.2) is 0 Å². The zero-order valence-electron chi connectivity index (χ0n) is 20.9. The highest BCUT2D eigenvalue weighted by Gasteiger charge is 2.33. The third kappa shape index (κ3) is 8.12. The summed E-state index contributed by atoms with van der Waals surface area (Å²) in [7, 11) is -3.91. The van der Waals surface area contributed by atoms with E-state index in [0.29, 0.717) is 6.42 Å². The Morgan fingerprint density at radius 2 is 1.71 bits per heavy atom. The molecule has 0 aromatic heterocycles. The van der Waals surface area contributed by atoms with E-state index in [2.05, 4.69) is 5.32 Å². The molecule has 192 valence electrons. The molecule has 2 aromatic rings. The van der Waals surface area contributed by atoms with Gasteiger partial charge in [-0.05, 0) is 63.4 Å². The number of carbonyl (C=O) groups is 2. The largest absolute Gasteiger partial charge is 0.350 e. The average Bonchev–Trinajstić information content (AvgIpc) is 2.73. The van der Waals surface area contributed by atoms with E-state index in [1.165, 1.54) is 23.1 Å². The molecule has 0 spiro atoms. The molecule has 2 amide bonds. The lowest BCUT2D eigenvalue weighted by Gasteiger charge is -2.35. The molecule has 0 saturated carbocycles. The van der Waals surface area contributed by atoms with E-state index in [9.17, 15) is 18.0 Å². The van der Waals surface area contributed by atoms with Crippen molar-refractivity contribution < 1.29 is 18.0 Å². The fourth-order valence-corrected chi connectivity index (χ4v) is 4.90. The number of nitrogens with zero attached hydrogens (tertiary/aromatic N) is 2. The van der Waals surface area contributed by atoms with Crippen molar-refractivity contribution >= 4 is 50.7 Å². The number of sulfonamides is 1. The van der Waals surface area contributed by atoms with Gasteiger partial charge in [-0.3, -0.25) is 13.9 Å². The van der Waals surface area contributed by atoms with Crippen molar-refractivity contribution in [2.24, 2.45) is 0 Å². The van der Waals surface area contributed by atoms with Crippen molar-refractivity contribution in [1.29, 1.82) is 0 Å². The zero-order valence-corrected chi connectivity index (χ0v) is 23.3. The molecule has 2 rings (SSSR count). The first-order chi connectivity index (χ1) is 16.1. The van der Waals surface area contributed by atoms with Crippen LogP contribution >= 0.6 is 23.2 Å². The highest BCUT2D eigenvalue weighted by atomic mass is 35.5. The van der Waals surface area contributed by atoms with Crippen LogP contribution < -0.4 is 9.62 Å². The van der Waals surface area contributed by atoms with Crippen LogP contribution in [0.1, 0.15) is 45.2 Å². The van der Waals surface area contributed by atoms with E-state index >= 15 is 0 Å². The van der Waals surface area contributed by atoms with Crippen LogP contribution in [0.25, 0.3) is 0 Å². The summed E-state index contributed by atoms with van der Waals surface area (Å²) < 4.78 is 26.3. The van der Waals surface area contributed by atoms with E-state index in [0.717, 1.165) is 21.7 Å². The molecule has 0 saturated heterocycles. The summed E-state index contributed by atoms with van der Waals surface area (Å²) in [6, 6.07) is 11.1. The zero-order chi connectivity index (χ0) is 26.6. The van der Waals surface area contributed by atoms with E-state index < -0.39 is 34.1 Å². The Morgan fingerprint density at radius 1 is 1.09 bits per heavy atom. The molecule has 0 aliphatic rings. The molecule has 1 N–H and O–H groups in total. The quantitative estimate of drug-likeness (QED) is 0.494. The summed E-state index contributed by atoms with van der Waals surface area (Å²) in [6.07, 6.45) is 1.34. The van der Waals surface area contributed by atoms with Crippen LogP contribution in [0.3, 0.4) is 0 Å². The van der Waals surface area contributed by atoms with Gasteiger partial charge in [-0.1, -0.05) is 54.4 Å². The molecule has 0 radical (unpaired) electrons. The summed E-state index contributed by atoms with van der Waals surface area (Å²) in [4.78, 5) is 28.3. The van der Waals surface area contributed by atoms with E-state index in [-0.39, 0.29) is 28.2 Å². The second kappa shape index (κ2) is 11.6. The minimum Gasteiger partial charge on any atom is -0.350 e. The first kappa shape index (κ1) is 28.9. The lowest BCUT2D eigenvalue weighted by atomic mass is 10.0. The maximum absolute atomic E-state index is 13.7. The normalized spacial score (nSPS) is 12.7. The minimum absolute atomic E-state index is 0.0954. The molecular weight excluding hydrogens is 509 g/mol. The Balaban J connectivity index is 2.52. The summed E-state index contributed by atoms with van der Waals surface area (Å²) in [5.74, 6) is -0.848. The standard InChI is InChI=1S/C25H33Cl2N3O4S/c1-7-21(24(32)28-25(3,4)5)29(15-18-11-9-8-10-17(18)2)23(31)16-30(35(6,33)34)22-14-19(26)12-13-20(22)27/h8-14,21H,7,15-16H2,1-6H3,(H,28,32)/t21-/m0/s1. The molecule has 0 bridgehead atoms. The van der Waals surface area contributed by atoms with Crippen LogP contribution in [0, 0.1) is 6.92 Å². The second-order valence-electron chi connectivity index (χ2n) is 9.48. The van der Waals surface area contributed by atoms with Crippen LogP contribution in [-0.2, 0) is 26.2 Å². The van der Waals surface area contributed by atoms with Gasteiger partial charge in [0.1, 0.15) is 12.6 Å². The number of anilines is 1. The Labute approximate surface area is 218 Å². The number of benzene rings is 2. The van der Waals surface area contributed by atoms with Gasteiger partial charge >= 0.3 is 0 Å². The number of rotatable bonds is 9. The van der Waals surface area contributed by atoms with Gasteiger partial charge in [0, 0.05) is 17.1 Å². The van der Waals surface area contributed by atoms with Gasteiger partial charge in [0.25, 0.3) is 0 Å². The monoisotopic (exact) mass is 541 g/mol. The number of hydrogen-bond donors (Lipinski definition) is 1. The topological polar surface area (TPSA) is 86.8 Å². The highest BCUT2D eigenvalue weighted by Crippen LogP contribution is 2.31. The molecule has 0 heterocycles. The van der Waals surface area contributed by atoms with E-state index in [1.807, 2.05) is 58.9 Å². The number of halogens is 2. The third-order valence-electron chi connectivity index (χ3n) is 5.34. The number of amides is 2. The molecule has 0 unspecified atom stereocenters. The van der Waals surface area contributed by atoms with Crippen LogP contribution in [0.4, 0.5) is 5.69 Å². The van der Waals surface area contributed by atoms with Crippen LogP contribution in [0.15, 0.2) is 42.5 Å². The third-order valence-corrected chi connectivity index (χ3v) is 7.02. The average molecular weight is 543 g/mol. The predicted molar refractivity (Wildman–Crippen MR) is 142 cm³/mol. The molecule has 2 aromatic carbocycles. The van der Waals surface area contributed by atoms with Crippen molar-refractivity contribution in [3.8, 4) is 0 Å². The fourth-order valence-electron chi connectivity index (χ4n) is 3.62. The number of carbonyl (C=O) groups excluding carboxylic acids is 2. The molecule has 0 fully saturated rings. The van der Waals surface area contributed by atoms with Crippen molar-refractivity contribution in [3.63, 3.8) is 0 Å². The lowest BCUT2D eigenvalue weighted by Crippen LogP contribution is -2.55. The number of hydrogen-bond acceptors (Lipinski definition) is 4. The van der Waals surface area contributed by atoms with Gasteiger partial charge < -0.3 is 10.2 Å². The molecular formula is C25H33Cl2N3O4S. The minimum atomic E-state index is -3.91. The summed E-state index contributed by atoms with van der Waals surface area (Å²) >= 11 is 12.4. The van der Waals surface area contributed by atoms with Gasteiger partial charge in [0.05, 0.1) is 17.0 Å². The van der Waals surface area contributed by atoms with E-state index in [1.54, 1.807) is 0 Å². The van der Waals surface area contributed by atoms with Gasteiger partial charge in [-0.15, -0.1) is 0 Å². The van der Waals surface area contributed by atoms with Crippen LogP contribution in [0.2, 0.25) is 10.0 Å². The van der Waals surface area contributed by atoms with Crippen LogP contribution in [0.5, 0.6) is 0 Å². The Morgan fingerprint density at radius 3 is 2.26 bits per heavy atom. The van der Waals surface area contributed by atoms with E-state index in [4.69, 9.17) is 23.2 Å². The highest BCUT2D eigenvalue weighted by molar-refractivity contribution is 7.92. The molecule has 10 heteroatoms. The fraction of sp³-hybridized carbons (Fsp3) is 0.440. The SMILES string of the molecule is CC[C@@H](C(=O)NC(C)(C)C)N(Cc1ccccc1C)C(=O)CN(c1cc(Cl)ccc1Cl)S(C)(=O)=O. The maximum atomic E-state index is 13.7. The van der Waals surface area contributed by atoms with Gasteiger partial charge in [0.2, 0.25) is 21.8 Å². The molecule has 35 heavy (non-hydrogen) atoms. The molecule has 0 aliphatic heterocycles. The second-order valence-corrected chi connectivity index (χ2v) is 12.2. The van der Waals surface area contributed by atoms with Crippen LogP contribution in [-0.4, -0.2) is 49.5 Å². The lowest BCUT2D eigenvalue weighted by molar-refractivity contribution is -0.141. The molecule has 7 nitrogen and oxygen atoms in total. The molecule has 0 aliphatic carbocycles. The smallest absolute Gasteiger partial charge is 0.244 e. The first-order valence-electron chi connectivity index (χ1n) is 11.2. The van der Waals surface area contributed by atoms with Crippen molar-refractivity contribution in [2.75, 3.05) is 17.1 Å². The predicted octanol–water partition coefficient (Wildman–Crippen LogP) is 4.79. The number of nitrogens with one attached hydrogen (secondary N) is 1. The van der Waals surface area contributed by atoms with Crippen molar-refractivity contribution in [3.05, 3.63) is 63.6 Å². The Bertz CT molecular complexity index is 1180. The Hall–Kier alpha value is -2.29. The van der Waals surface area contributed by atoms with Crippen molar-refractivity contribution in [1.82, 2.24) is 10.2 Å². The summed E-state index contributed by atoms with van der Waals surface area (Å²) in [5.41, 5.74) is 1.40. The maximum Gasteiger partial charge on any atom is 0.244 e. The van der Waals surface area contributed by atoms with Gasteiger partial charge in [-0.2, -0.15) is 0 Å². The number of aryl methyl sites for hydroxylation is 1. The molecule has 1 atom stereocenters. The van der Waals surface area contributed by atoms with Gasteiger partial charge in [-0.25, -0.2) is 8.42 Å². The summed E-state index contributed by atoms with van der Waals surface area (Å²) in [6.45, 7) is 8.91. The summed E-state index contributed by atoms with van der Waals surface area (Å²) in [5, 5.41) is 3.35. The first-order valence-corrected chi connectivity index (χ1v) is 13.8. The Kier molecular flexibility index (Phi) is 9.62. The van der Waals surface area contributed by atoms with Crippen molar-refractivity contribution in [2.45, 2.75) is 59.2 Å².